The number of hydrogen-bond acceptors (Lipinski definition) is 5. The van der Waals surface area contributed by atoms with Gasteiger partial charge in [-0.2, -0.15) is 5.10 Å². The molecule has 7 nitrogen and oxygen atoms in total. The number of carbonyl (C=O) groups excluding carboxylic acids is 1. The number of benzene rings is 1. The van der Waals surface area contributed by atoms with Gasteiger partial charge in [-0.25, -0.2) is 4.79 Å². The van der Waals surface area contributed by atoms with E-state index < -0.39 is 5.60 Å². The third kappa shape index (κ3) is 5.75. The first-order chi connectivity index (χ1) is 14.1. The van der Waals surface area contributed by atoms with Crippen LogP contribution >= 0.6 is 0 Å². The first-order valence-corrected chi connectivity index (χ1v) is 10.8. The minimum atomic E-state index is -0.467. The summed E-state index contributed by atoms with van der Waals surface area (Å²) in [4.78, 5) is 11.7. The summed E-state index contributed by atoms with van der Waals surface area (Å²) >= 11 is 0. The third-order valence-electron chi connectivity index (χ3n) is 5.45. The standard InChI is InChI=1S/C23H35N5O2/c1-15(2)19-13-21-16(12-20(19)24)14-28(27-21)18-8-6-17(7-9-18)25-10-11-26-22(29)30-23(3,4)5/h12-14,17-18,25H,1,6-11,24H2,2-5H3,(H,26,29). The molecule has 1 amide bonds. The van der Waals surface area contributed by atoms with Crippen molar-refractivity contribution < 1.29 is 9.53 Å². The number of fused-ring (bicyclic) bond motifs is 1. The van der Waals surface area contributed by atoms with Crippen molar-refractivity contribution in [3.05, 3.63) is 30.5 Å². The number of aromatic nitrogens is 2. The molecule has 7 heteroatoms. The predicted octanol–water partition coefficient (Wildman–Crippen LogP) is 4.25. The van der Waals surface area contributed by atoms with Crippen LogP contribution in [0.2, 0.25) is 0 Å². The molecule has 4 N–H and O–H groups in total. The number of allylic oxidation sites excluding steroid dienone is 1. The Morgan fingerprint density at radius 1 is 1.27 bits per heavy atom. The highest BCUT2D eigenvalue weighted by Gasteiger charge is 2.23. The topological polar surface area (TPSA) is 94.2 Å². The molecule has 1 heterocycles. The van der Waals surface area contributed by atoms with Gasteiger partial charge in [-0.05, 0) is 71.1 Å². The largest absolute Gasteiger partial charge is 0.444 e. The summed E-state index contributed by atoms with van der Waals surface area (Å²) in [6, 6.07) is 4.91. The van der Waals surface area contributed by atoms with Gasteiger partial charge >= 0.3 is 6.09 Å². The van der Waals surface area contributed by atoms with Crippen LogP contribution in [-0.4, -0.2) is 40.6 Å². The van der Waals surface area contributed by atoms with E-state index >= 15 is 0 Å². The second-order valence-electron chi connectivity index (χ2n) is 9.28. The quantitative estimate of drug-likeness (QED) is 0.486. The number of nitrogens with two attached hydrogens (primary N) is 1. The van der Waals surface area contributed by atoms with Gasteiger partial charge in [0.15, 0.2) is 0 Å². The van der Waals surface area contributed by atoms with E-state index in [0.717, 1.165) is 60.0 Å². The van der Waals surface area contributed by atoms with Gasteiger partial charge in [-0.3, -0.25) is 4.68 Å². The molecule has 0 aliphatic heterocycles. The fourth-order valence-corrected chi connectivity index (χ4v) is 3.96. The van der Waals surface area contributed by atoms with Gasteiger partial charge in [0.1, 0.15) is 5.60 Å². The number of nitrogen functional groups attached to an aromatic ring is 1. The van der Waals surface area contributed by atoms with E-state index in [2.05, 4.69) is 28.1 Å². The van der Waals surface area contributed by atoms with E-state index in [9.17, 15) is 4.79 Å². The molecule has 0 saturated heterocycles. The number of hydrogen-bond donors (Lipinski definition) is 3. The van der Waals surface area contributed by atoms with Gasteiger partial charge in [0.2, 0.25) is 0 Å². The molecule has 1 aromatic heterocycles. The van der Waals surface area contributed by atoms with Crippen molar-refractivity contribution >= 4 is 28.3 Å². The van der Waals surface area contributed by atoms with Crippen LogP contribution in [0.4, 0.5) is 10.5 Å². The first kappa shape index (κ1) is 22.2. The lowest BCUT2D eigenvalue weighted by molar-refractivity contribution is 0.0527. The summed E-state index contributed by atoms with van der Waals surface area (Å²) in [5.41, 5.74) is 9.34. The van der Waals surface area contributed by atoms with Gasteiger partial charge in [0.25, 0.3) is 0 Å². The Hall–Kier alpha value is -2.54. The van der Waals surface area contributed by atoms with E-state index in [1.54, 1.807) is 0 Å². The van der Waals surface area contributed by atoms with E-state index in [1.165, 1.54) is 0 Å². The van der Waals surface area contributed by atoms with E-state index in [1.807, 2.05) is 39.8 Å². The number of amides is 1. The lowest BCUT2D eigenvalue weighted by Crippen LogP contribution is -2.40. The normalized spacial score (nSPS) is 19.6. The summed E-state index contributed by atoms with van der Waals surface area (Å²) in [5, 5.41) is 12.2. The van der Waals surface area contributed by atoms with Crippen molar-refractivity contribution in [3.8, 4) is 0 Å². The average molecular weight is 414 g/mol. The molecule has 164 valence electrons. The summed E-state index contributed by atoms with van der Waals surface area (Å²) in [6.45, 7) is 12.9. The smallest absolute Gasteiger partial charge is 0.407 e. The Morgan fingerprint density at radius 2 is 1.97 bits per heavy atom. The average Bonchev–Trinajstić information content (AvgIpc) is 3.06. The lowest BCUT2D eigenvalue weighted by Gasteiger charge is -2.29. The van der Waals surface area contributed by atoms with Crippen LogP contribution in [0.15, 0.2) is 24.9 Å². The molecule has 1 fully saturated rings. The summed E-state index contributed by atoms with van der Waals surface area (Å²) < 4.78 is 7.35. The molecular formula is C23H35N5O2. The van der Waals surface area contributed by atoms with Crippen LogP contribution in [0.25, 0.3) is 16.5 Å². The van der Waals surface area contributed by atoms with Crippen LogP contribution in [0.1, 0.15) is 65.0 Å². The first-order valence-electron chi connectivity index (χ1n) is 10.8. The molecule has 1 aliphatic rings. The zero-order valence-corrected chi connectivity index (χ0v) is 18.6. The Kier molecular flexibility index (Phi) is 6.71. The number of carbonyl (C=O) groups is 1. The SMILES string of the molecule is C=C(C)c1cc2nn(C3CCC(NCCNC(=O)OC(C)(C)C)CC3)cc2cc1N. The van der Waals surface area contributed by atoms with Gasteiger partial charge < -0.3 is 21.1 Å². The van der Waals surface area contributed by atoms with Crippen molar-refractivity contribution in [1.29, 1.82) is 0 Å². The maximum absolute atomic E-state index is 11.7. The molecule has 2 aromatic rings. The highest BCUT2D eigenvalue weighted by atomic mass is 16.6. The third-order valence-corrected chi connectivity index (χ3v) is 5.45. The number of nitrogens with zero attached hydrogens (tertiary/aromatic N) is 2. The van der Waals surface area contributed by atoms with Crippen LogP contribution in [0, 0.1) is 0 Å². The molecule has 30 heavy (non-hydrogen) atoms. The zero-order valence-electron chi connectivity index (χ0n) is 18.6. The number of anilines is 1. The maximum Gasteiger partial charge on any atom is 0.407 e. The second-order valence-corrected chi connectivity index (χ2v) is 9.28. The Morgan fingerprint density at radius 3 is 2.60 bits per heavy atom. The number of rotatable bonds is 6. The molecule has 0 unspecified atom stereocenters. The van der Waals surface area contributed by atoms with Crippen molar-refractivity contribution in [1.82, 2.24) is 20.4 Å². The molecule has 3 rings (SSSR count). The number of nitrogens with one attached hydrogen (secondary N) is 2. The Balaban J connectivity index is 1.46. The van der Waals surface area contributed by atoms with E-state index in [0.29, 0.717) is 18.6 Å². The van der Waals surface area contributed by atoms with Crippen LogP contribution in [-0.2, 0) is 4.74 Å². The van der Waals surface area contributed by atoms with E-state index in [4.69, 9.17) is 15.6 Å². The predicted molar refractivity (Wildman–Crippen MR) is 122 cm³/mol. The lowest BCUT2D eigenvalue weighted by atomic mass is 9.91. The van der Waals surface area contributed by atoms with E-state index in [-0.39, 0.29) is 6.09 Å². The zero-order chi connectivity index (χ0) is 21.9. The molecule has 0 radical (unpaired) electrons. The number of alkyl carbamates (subject to hydrolysis) is 1. The van der Waals surface area contributed by atoms with Gasteiger partial charge in [-0.1, -0.05) is 6.58 Å². The fraction of sp³-hybridized carbons (Fsp3) is 0.565. The summed E-state index contributed by atoms with van der Waals surface area (Å²) in [7, 11) is 0. The van der Waals surface area contributed by atoms with Crippen LogP contribution in [0.3, 0.4) is 0 Å². The van der Waals surface area contributed by atoms with Gasteiger partial charge in [0.05, 0.1) is 11.6 Å². The van der Waals surface area contributed by atoms with Crippen molar-refractivity contribution in [3.63, 3.8) is 0 Å². The monoisotopic (exact) mass is 413 g/mol. The summed E-state index contributed by atoms with van der Waals surface area (Å²) in [6.07, 6.45) is 6.08. The molecule has 0 atom stereocenters. The molecule has 1 aromatic carbocycles. The minimum absolute atomic E-state index is 0.366. The molecule has 0 bridgehead atoms. The van der Waals surface area contributed by atoms with Crippen molar-refractivity contribution in [2.24, 2.45) is 0 Å². The van der Waals surface area contributed by atoms with Crippen LogP contribution < -0.4 is 16.4 Å². The Labute approximate surface area is 179 Å². The fourth-order valence-electron chi connectivity index (χ4n) is 3.96. The second kappa shape index (κ2) is 9.08. The molecular weight excluding hydrogens is 378 g/mol. The van der Waals surface area contributed by atoms with Crippen molar-refractivity contribution in [2.45, 2.75) is 71.1 Å². The Bertz CT molecular complexity index is 904. The molecule has 1 aliphatic carbocycles. The highest BCUT2D eigenvalue weighted by Crippen LogP contribution is 2.31. The van der Waals surface area contributed by atoms with Crippen LogP contribution in [0.5, 0.6) is 0 Å². The minimum Gasteiger partial charge on any atom is -0.444 e. The molecule has 0 spiro atoms. The maximum atomic E-state index is 11.7. The number of ether oxygens (including phenoxy) is 1. The van der Waals surface area contributed by atoms with Gasteiger partial charge in [0, 0.05) is 42.0 Å². The highest BCUT2D eigenvalue weighted by molar-refractivity contribution is 5.88. The summed E-state index contributed by atoms with van der Waals surface area (Å²) in [5.74, 6) is 0. The molecule has 1 saturated carbocycles. The van der Waals surface area contributed by atoms with Gasteiger partial charge in [-0.15, -0.1) is 0 Å². The van der Waals surface area contributed by atoms with Crippen molar-refractivity contribution in [2.75, 3.05) is 18.8 Å².